The molecule has 0 aliphatic carbocycles. The zero-order chi connectivity index (χ0) is 23.7. The van der Waals surface area contributed by atoms with E-state index in [1.54, 1.807) is 21.5 Å². The highest BCUT2D eigenvalue weighted by molar-refractivity contribution is 5.96. The van der Waals surface area contributed by atoms with Crippen molar-refractivity contribution in [2.24, 2.45) is 0 Å². The molecule has 0 atom stereocenters. The molecule has 2 aromatic rings. The summed E-state index contributed by atoms with van der Waals surface area (Å²) in [5.41, 5.74) is 0. The standard InChI is InChI=1S/C20H26N6O6/c1-13(2)25-15(7-9-21-25)23-17(27)11-31-19(29)5-6-20(30)32-12-18(28)24-16-8-10-22-26(16)14(3)4/h5-10,13-14H,11-12H2,1-4H3,(H,23,27)(H,24,28)/b6-5+. The maximum absolute atomic E-state index is 11.9. The van der Waals surface area contributed by atoms with Gasteiger partial charge in [-0.3, -0.25) is 9.59 Å². The molecule has 0 unspecified atom stereocenters. The molecule has 0 aromatic carbocycles. The number of amides is 2. The van der Waals surface area contributed by atoms with Crippen LogP contribution in [0.2, 0.25) is 0 Å². The molecule has 0 aliphatic heterocycles. The van der Waals surface area contributed by atoms with Gasteiger partial charge >= 0.3 is 11.9 Å². The Balaban J connectivity index is 1.70. The van der Waals surface area contributed by atoms with E-state index in [4.69, 9.17) is 9.47 Å². The van der Waals surface area contributed by atoms with Gasteiger partial charge in [0.1, 0.15) is 11.6 Å². The molecule has 0 saturated heterocycles. The number of hydrogen-bond donors (Lipinski definition) is 2. The van der Waals surface area contributed by atoms with E-state index >= 15 is 0 Å². The molecular formula is C20H26N6O6. The summed E-state index contributed by atoms with van der Waals surface area (Å²) < 4.78 is 12.7. The van der Waals surface area contributed by atoms with Gasteiger partial charge in [0, 0.05) is 36.4 Å². The van der Waals surface area contributed by atoms with Crippen molar-refractivity contribution < 1.29 is 28.7 Å². The molecule has 0 aliphatic rings. The summed E-state index contributed by atoms with van der Waals surface area (Å²) in [6.07, 6.45) is 4.68. The van der Waals surface area contributed by atoms with Crippen LogP contribution >= 0.6 is 0 Å². The molecule has 0 spiro atoms. The Kier molecular flexibility index (Phi) is 8.69. The fourth-order valence-corrected chi connectivity index (χ4v) is 2.51. The van der Waals surface area contributed by atoms with Gasteiger partial charge in [0.25, 0.3) is 11.8 Å². The topological polar surface area (TPSA) is 146 Å². The van der Waals surface area contributed by atoms with E-state index in [9.17, 15) is 19.2 Å². The first-order chi connectivity index (χ1) is 15.2. The number of hydrogen-bond acceptors (Lipinski definition) is 8. The Hall–Kier alpha value is -3.96. The van der Waals surface area contributed by atoms with Crippen molar-refractivity contribution in [1.82, 2.24) is 19.6 Å². The van der Waals surface area contributed by atoms with Crippen LogP contribution in [-0.2, 0) is 28.7 Å². The predicted molar refractivity (Wildman–Crippen MR) is 114 cm³/mol. The van der Waals surface area contributed by atoms with Gasteiger partial charge in [-0.05, 0) is 27.7 Å². The number of ether oxygens (including phenoxy) is 2. The first-order valence-electron chi connectivity index (χ1n) is 9.85. The number of carbonyl (C=O) groups is 4. The predicted octanol–water partition coefficient (Wildman–Crippen LogP) is 1.46. The lowest BCUT2D eigenvalue weighted by atomic mass is 10.4. The third-order valence-corrected chi connectivity index (χ3v) is 3.90. The van der Waals surface area contributed by atoms with Gasteiger partial charge in [-0.2, -0.15) is 10.2 Å². The Morgan fingerprint density at radius 2 is 1.19 bits per heavy atom. The second kappa shape index (κ2) is 11.4. The fourth-order valence-electron chi connectivity index (χ4n) is 2.51. The van der Waals surface area contributed by atoms with E-state index in [1.807, 2.05) is 27.7 Å². The minimum Gasteiger partial charge on any atom is -0.452 e. The van der Waals surface area contributed by atoms with Crippen molar-refractivity contribution in [2.75, 3.05) is 23.8 Å². The second-order valence-corrected chi connectivity index (χ2v) is 7.15. The average molecular weight is 446 g/mol. The van der Waals surface area contributed by atoms with Crippen LogP contribution in [-0.4, -0.2) is 56.5 Å². The van der Waals surface area contributed by atoms with Gasteiger partial charge in [-0.1, -0.05) is 0 Å². The summed E-state index contributed by atoms with van der Waals surface area (Å²) in [6.45, 7) is 6.50. The van der Waals surface area contributed by atoms with Gasteiger partial charge in [-0.15, -0.1) is 0 Å². The quantitative estimate of drug-likeness (QED) is 0.412. The number of carbonyl (C=O) groups excluding carboxylic acids is 4. The Morgan fingerprint density at radius 3 is 1.53 bits per heavy atom. The maximum Gasteiger partial charge on any atom is 0.331 e. The van der Waals surface area contributed by atoms with Gasteiger partial charge in [0.15, 0.2) is 13.2 Å². The fraction of sp³-hybridized carbons (Fsp3) is 0.400. The van der Waals surface area contributed by atoms with E-state index in [0.29, 0.717) is 11.6 Å². The summed E-state index contributed by atoms with van der Waals surface area (Å²) in [5.74, 6) is -2.02. The highest BCUT2D eigenvalue weighted by Gasteiger charge is 2.13. The number of nitrogens with zero attached hydrogens (tertiary/aromatic N) is 4. The molecule has 2 aromatic heterocycles. The third kappa shape index (κ3) is 7.38. The lowest BCUT2D eigenvalue weighted by Gasteiger charge is -2.11. The number of anilines is 2. The van der Waals surface area contributed by atoms with Crippen molar-refractivity contribution in [3.63, 3.8) is 0 Å². The van der Waals surface area contributed by atoms with Gasteiger partial charge < -0.3 is 20.1 Å². The molecule has 172 valence electrons. The largest absolute Gasteiger partial charge is 0.452 e. The van der Waals surface area contributed by atoms with Crippen LogP contribution in [0.1, 0.15) is 39.8 Å². The normalized spacial score (nSPS) is 11.1. The van der Waals surface area contributed by atoms with Crippen LogP contribution in [0.4, 0.5) is 11.6 Å². The van der Waals surface area contributed by atoms with Gasteiger partial charge in [0.2, 0.25) is 0 Å². The summed E-state index contributed by atoms with van der Waals surface area (Å²) in [4.78, 5) is 47.2. The lowest BCUT2D eigenvalue weighted by molar-refractivity contribution is -0.144. The molecule has 12 heteroatoms. The number of aromatic nitrogens is 4. The van der Waals surface area contributed by atoms with Crippen LogP contribution in [0.25, 0.3) is 0 Å². The summed E-state index contributed by atoms with van der Waals surface area (Å²) in [7, 11) is 0. The number of esters is 2. The van der Waals surface area contributed by atoms with Crippen molar-refractivity contribution >= 4 is 35.4 Å². The molecule has 0 saturated carbocycles. The second-order valence-electron chi connectivity index (χ2n) is 7.15. The number of rotatable bonds is 10. The van der Waals surface area contributed by atoms with Crippen LogP contribution < -0.4 is 10.6 Å². The molecule has 2 heterocycles. The van der Waals surface area contributed by atoms with Crippen molar-refractivity contribution in [1.29, 1.82) is 0 Å². The molecule has 2 N–H and O–H groups in total. The molecule has 12 nitrogen and oxygen atoms in total. The molecule has 2 amide bonds. The Bertz CT molecular complexity index is 912. The smallest absolute Gasteiger partial charge is 0.331 e. The van der Waals surface area contributed by atoms with E-state index in [-0.39, 0.29) is 12.1 Å². The van der Waals surface area contributed by atoms with E-state index < -0.39 is 37.0 Å². The first kappa shape index (κ1) is 24.3. The van der Waals surface area contributed by atoms with Crippen molar-refractivity contribution in [2.45, 2.75) is 39.8 Å². The summed E-state index contributed by atoms with van der Waals surface area (Å²) in [5, 5.41) is 13.3. The Labute approximate surface area is 184 Å². The zero-order valence-corrected chi connectivity index (χ0v) is 18.3. The molecule has 0 radical (unpaired) electrons. The highest BCUT2D eigenvalue weighted by atomic mass is 16.5. The van der Waals surface area contributed by atoms with E-state index in [1.165, 1.54) is 12.4 Å². The van der Waals surface area contributed by atoms with Crippen LogP contribution in [0.5, 0.6) is 0 Å². The SMILES string of the molecule is CC(C)n1nccc1NC(=O)COC(=O)/C=C/C(=O)OCC(=O)Nc1ccnn1C(C)C. The van der Waals surface area contributed by atoms with Gasteiger partial charge in [-0.25, -0.2) is 19.0 Å². The third-order valence-electron chi connectivity index (χ3n) is 3.90. The van der Waals surface area contributed by atoms with Crippen LogP contribution in [0, 0.1) is 0 Å². The lowest BCUT2D eigenvalue weighted by Crippen LogP contribution is -2.23. The summed E-state index contributed by atoms with van der Waals surface area (Å²) >= 11 is 0. The molecule has 2 rings (SSSR count). The molecule has 32 heavy (non-hydrogen) atoms. The van der Waals surface area contributed by atoms with E-state index in [0.717, 1.165) is 12.2 Å². The highest BCUT2D eigenvalue weighted by Crippen LogP contribution is 2.13. The molecule has 0 fully saturated rings. The minimum atomic E-state index is -0.917. The Morgan fingerprint density at radius 1 is 0.812 bits per heavy atom. The maximum atomic E-state index is 11.9. The van der Waals surface area contributed by atoms with Crippen LogP contribution in [0.15, 0.2) is 36.7 Å². The van der Waals surface area contributed by atoms with Crippen molar-refractivity contribution in [3.8, 4) is 0 Å². The monoisotopic (exact) mass is 446 g/mol. The number of nitrogens with one attached hydrogen (secondary N) is 2. The molecule has 0 bridgehead atoms. The zero-order valence-electron chi connectivity index (χ0n) is 18.3. The first-order valence-corrected chi connectivity index (χ1v) is 9.85. The van der Waals surface area contributed by atoms with Crippen LogP contribution in [0.3, 0.4) is 0 Å². The van der Waals surface area contributed by atoms with E-state index in [2.05, 4.69) is 20.8 Å². The van der Waals surface area contributed by atoms with Crippen molar-refractivity contribution in [3.05, 3.63) is 36.7 Å². The molecular weight excluding hydrogens is 420 g/mol. The van der Waals surface area contributed by atoms with Gasteiger partial charge in [0.05, 0.1) is 12.4 Å². The average Bonchev–Trinajstić information content (AvgIpc) is 3.38. The minimum absolute atomic E-state index is 0.0382. The summed E-state index contributed by atoms with van der Waals surface area (Å²) in [6, 6.07) is 3.30.